The van der Waals surface area contributed by atoms with Crippen LogP contribution in [-0.4, -0.2) is 26.6 Å². The lowest BCUT2D eigenvalue weighted by Crippen LogP contribution is -2.37. The number of imidazole rings is 1. The van der Waals surface area contributed by atoms with Crippen LogP contribution in [0, 0.1) is 5.82 Å². The molecule has 2 heterocycles. The summed E-state index contributed by atoms with van der Waals surface area (Å²) >= 11 is 1.03. The Balaban J connectivity index is 1.50. The summed E-state index contributed by atoms with van der Waals surface area (Å²) in [5, 5.41) is 4.46. The Kier molecular flexibility index (Phi) is 6.15. The van der Waals surface area contributed by atoms with Crippen molar-refractivity contribution in [2.45, 2.75) is 28.8 Å². The van der Waals surface area contributed by atoms with Crippen LogP contribution in [0.2, 0.25) is 0 Å². The summed E-state index contributed by atoms with van der Waals surface area (Å²) in [5.74, 6) is -0.931. The maximum absolute atomic E-state index is 13.4. The zero-order valence-corrected chi connectivity index (χ0v) is 18.0. The lowest BCUT2D eigenvalue weighted by Gasteiger charge is -2.25. The number of nitrogens with one attached hydrogen (secondary N) is 2. The summed E-state index contributed by atoms with van der Waals surface area (Å²) in [6.07, 6.45) is -1.47. The summed E-state index contributed by atoms with van der Waals surface area (Å²) in [7, 11) is 1.75. The second-order valence-electron chi connectivity index (χ2n) is 7.46. The molecule has 2 atom stereocenters. The van der Waals surface area contributed by atoms with Gasteiger partial charge >= 0.3 is 6.18 Å². The average Bonchev–Trinajstić information content (AvgIpc) is 3.18. The van der Waals surface area contributed by atoms with Gasteiger partial charge in [0.05, 0.1) is 16.5 Å². The van der Waals surface area contributed by atoms with E-state index < -0.39 is 40.7 Å². The van der Waals surface area contributed by atoms with Gasteiger partial charge in [-0.3, -0.25) is 9.59 Å². The monoisotopic (exact) mass is 478 g/mol. The maximum Gasteiger partial charge on any atom is 0.416 e. The Labute approximate surface area is 190 Å². The van der Waals surface area contributed by atoms with Crippen LogP contribution in [0.1, 0.15) is 29.4 Å². The highest BCUT2D eigenvalue weighted by Gasteiger charge is 2.34. The third kappa shape index (κ3) is 5.03. The van der Waals surface area contributed by atoms with E-state index in [-0.39, 0.29) is 12.1 Å². The Morgan fingerprint density at radius 3 is 2.61 bits per heavy atom. The Bertz CT molecular complexity index is 1190. The molecule has 1 aromatic heterocycles. The van der Waals surface area contributed by atoms with Crippen LogP contribution in [0.15, 0.2) is 59.8 Å². The van der Waals surface area contributed by atoms with Gasteiger partial charge in [-0.25, -0.2) is 9.37 Å². The molecule has 3 aromatic rings. The van der Waals surface area contributed by atoms with E-state index in [1.165, 1.54) is 30.3 Å². The van der Waals surface area contributed by atoms with Gasteiger partial charge < -0.3 is 15.2 Å². The number of nitrogens with zero attached hydrogens (tertiary/aromatic N) is 2. The van der Waals surface area contributed by atoms with Crippen LogP contribution < -0.4 is 10.6 Å². The lowest BCUT2D eigenvalue weighted by molar-refractivity contribution is -0.137. The largest absolute Gasteiger partial charge is 0.416 e. The first kappa shape index (κ1) is 22.8. The molecule has 4 rings (SSSR count). The summed E-state index contributed by atoms with van der Waals surface area (Å²) in [4.78, 5) is 30.0. The fraction of sp³-hybridized carbons (Fsp3) is 0.227. The Morgan fingerprint density at radius 2 is 1.97 bits per heavy atom. The smallest absolute Gasteiger partial charge is 0.342 e. The number of anilines is 1. The highest BCUT2D eigenvalue weighted by atomic mass is 32.2. The molecule has 0 saturated heterocycles. The topological polar surface area (TPSA) is 76.0 Å². The number of hydrogen-bond acceptors (Lipinski definition) is 4. The number of thioether (sulfide) groups is 1. The minimum absolute atomic E-state index is 0.0636. The zero-order chi connectivity index (χ0) is 23.8. The number of halogens is 4. The SMILES string of the molecule is Cn1ccnc1[C@H](NC(=O)C[C@@H]1Sc2ccc(C(F)(F)F)cc2NC1=O)c1ccc(F)cc1. The van der Waals surface area contributed by atoms with Gasteiger partial charge in [0.2, 0.25) is 11.8 Å². The van der Waals surface area contributed by atoms with E-state index in [1.54, 1.807) is 24.0 Å². The molecule has 33 heavy (non-hydrogen) atoms. The minimum atomic E-state index is -4.53. The molecule has 2 aromatic carbocycles. The maximum atomic E-state index is 13.4. The van der Waals surface area contributed by atoms with E-state index in [9.17, 15) is 27.2 Å². The fourth-order valence-corrected chi connectivity index (χ4v) is 4.55. The van der Waals surface area contributed by atoms with E-state index in [1.807, 2.05) is 0 Å². The second-order valence-corrected chi connectivity index (χ2v) is 8.70. The summed E-state index contributed by atoms with van der Waals surface area (Å²) in [6, 6.07) is 8.02. The first-order chi connectivity index (χ1) is 15.6. The third-order valence-electron chi connectivity index (χ3n) is 5.12. The highest BCUT2D eigenvalue weighted by molar-refractivity contribution is 8.01. The molecule has 2 N–H and O–H groups in total. The summed E-state index contributed by atoms with van der Waals surface area (Å²) in [5.41, 5.74) is -0.200. The first-order valence-corrected chi connectivity index (χ1v) is 10.7. The van der Waals surface area contributed by atoms with Crippen molar-refractivity contribution >= 4 is 29.3 Å². The van der Waals surface area contributed by atoms with E-state index in [0.29, 0.717) is 16.3 Å². The van der Waals surface area contributed by atoms with Gasteiger partial charge in [-0.1, -0.05) is 12.1 Å². The molecule has 6 nitrogen and oxygen atoms in total. The van der Waals surface area contributed by atoms with E-state index in [4.69, 9.17) is 0 Å². The van der Waals surface area contributed by atoms with Crippen molar-refractivity contribution in [2.75, 3.05) is 5.32 Å². The highest BCUT2D eigenvalue weighted by Crippen LogP contribution is 2.40. The molecule has 0 bridgehead atoms. The number of aromatic nitrogens is 2. The van der Waals surface area contributed by atoms with Gasteiger partial charge in [-0.2, -0.15) is 13.2 Å². The van der Waals surface area contributed by atoms with Crippen molar-refractivity contribution in [1.29, 1.82) is 0 Å². The normalized spacial score (nSPS) is 16.6. The molecule has 172 valence electrons. The van der Waals surface area contributed by atoms with Crippen molar-refractivity contribution in [2.24, 2.45) is 7.05 Å². The molecule has 0 saturated carbocycles. The number of hydrogen-bond donors (Lipinski definition) is 2. The molecule has 0 radical (unpaired) electrons. The molecule has 0 fully saturated rings. The van der Waals surface area contributed by atoms with Crippen molar-refractivity contribution in [3.05, 3.63) is 77.6 Å². The second kappa shape index (κ2) is 8.89. The van der Waals surface area contributed by atoms with E-state index in [2.05, 4.69) is 15.6 Å². The number of carbonyl (C=O) groups is 2. The molecule has 0 spiro atoms. The van der Waals surface area contributed by atoms with Crippen LogP contribution in [0.3, 0.4) is 0 Å². The number of rotatable bonds is 5. The van der Waals surface area contributed by atoms with E-state index >= 15 is 0 Å². The van der Waals surface area contributed by atoms with Gasteiger partial charge in [-0.05, 0) is 35.9 Å². The Morgan fingerprint density at radius 1 is 1.24 bits per heavy atom. The molecule has 2 amide bonds. The van der Waals surface area contributed by atoms with Crippen LogP contribution in [0.4, 0.5) is 23.2 Å². The van der Waals surface area contributed by atoms with Gasteiger partial charge in [-0.15, -0.1) is 11.8 Å². The number of amides is 2. The van der Waals surface area contributed by atoms with Crippen LogP contribution >= 0.6 is 11.8 Å². The number of benzene rings is 2. The molecular weight excluding hydrogens is 460 g/mol. The van der Waals surface area contributed by atoms with Crippen molar-refractivity contribution in [1.82, 2.24) is 14.9 Å². The minimum Gasteiger partial charge on any atom is -0.342 e. The number of fused-ring (bicyclic) bond motifs is 1. The summed E-state index contributed by atoms with van der Waals surface area (Å²) < 4.78 is 53.9. The van der Waals surface area contributed by atoms with Crippen LogP contribution in [-0.2, 0) is 22.8 Å². The molecule has 0 unspecified atom stereocenters. The van der Waals surface area contributed by atoms with Crippen molar-refractivity contribution in [3.63, 3.8) is 0 Å². The quantitative estimate of drug-likeness (QED) is 0.537. The average molecular weight is 478 g/mol. The van der Waals surface area contributed by atoms with Crippen LogP contribution in [0.5, 0.6) is 0 Å². The summed E-state index contributed by atoms with van der Waals surface area (Å²) in [6.45, 7) is 0. The predicted octanol–water partition coefficient (Wildman–Crippen LogP) is 4.29. The van der Waals surface area contributed by atoms with Gasteiger partial charge in [0, 0.05) is 30.8 Å². The van der Waals surface area contributed by atoms with Crippen LogP contribution in [0.25, 0.3) is 0 Å². The van der Waals surface area contributed by atoms with Gasteiger partial charge in [0.25, 0.3) is 0 Å². The van der Waals surface area contributed by atoms with Gasteiger partial charge in [0.15, 0.2) is 0 Å². The Hall–Kier alpha value is -3.34. The number of alkyl halides is 3. The molecular formula is C22H18F4N4O2S. The standard InChI is InChI=1S/C22H18F4N4O2S/c1-30-9-8-27-20(30)19(12-2-5-14(23)6-3-12)29-18(31)11-17-21(32)28-15-10-13(22(24,25)26)4-7-16(15)33-17/h2-10,17,19H,11H2,1H3,(H,28,32)(H,29,31)/t17-,19+/m0/s1. The fourth-order valence-electron chi connectivity index (χ4n) is 3.46. The van der Waals surface area contributed by atoms with Crippen molar-refractivity contribution < 1.29 is 27.2 Å². The van der Waals surface area contributed by atoms with E-state index in [0.717, 1.165) is 23.9 Å². The number of carbonyl (C=O) groups excluding carboxylic acids is 2. The first-order valence-electron chi connectivity index (χ1n) is 9.82. The predicted molar refractivity (Wildman–Crippen MR) is 114 cm³/mol. The van der Waals surface area contributed by atoms with Crippen molar-refractivity contribution in [3.8, 4) is 0 Å². The molecule has 11 heteroatoms. The zero-order valence-electron chi connectivity index (χ0n) is 17.2. The number of aryl methyl sites for hydroxylation is 1. The molecule has 0 aliphatic carbocycles. The van der Waals surface area contributed by atoms with Gasteiger partial charge in [0.1, 0.15) is 17.7 Å². The lowest BCUT2D eigenvalue weighted by atomic mass is 10.1. The molecule has 1 aliphatic rings. The third-order valence-corrected chi connectivity index (χ3v) is 6.40. The molecule has 1 aliphatic heterocycles.